The van der Waals surface area contributed by atoms with Crippen LogP contribution in [0.1, 0.15) is 11.6 Å². The summed E-state index contributed by atoms with van der Waals surface area (Å²) >= 11 is 3.27. The maximum absolute atomic E-state index is 13.2. The summed E-state index contributed by atoms with van der Waals surface area (Å²) in [6.07, 6.45) is 0. The van der Waals surface area contributed by atoms with Crippen molar-refractivity contribution in [1.82, 2.24) is 5.32 Å². The van der Waals surface area contributed by atoms with Crippen molar-refractivity contribution in [3.63, 3.8) is 0 Å². The van der Waals surface area contributed by atoms with Crippen LogP contribution in [0.5, 0.6) is 0 Å². The molecule has 1 aromatic carbocycles. The van der Waals surface area contributed by atoms with E-state index in [0.717, 1.165) is 4.47 Å². The lowest BCUT2D eigenvalue weighted by Crippen LogP contribution is -2.24. The van der Waals surface area contributed by atoms with Gasteiger partial charge in [-0.3, -0.25) is 0 Å². The van der Waals surface area contributed by atoms with E-state index in [0.29, 0.717) is 12.1 Å². The monoisotopic (exact) mass is 246 g/mol. The lowest BCUT2D eigenvalue weighted by molar-refractivity contribution is 0.567. The Morgan fingerprint density at radius 3 is 2.92 bits per heavy atom. The lowest BCUT2D eigenvalue weighted by atomic mass is 10.1. The molecule has 3 N–H and O–H groups in total. The van der Waals surface area contributed by atoms with Crippen molar-refractivity contribution in [1.29, 1.82) is 0 Å². The molecule has 0 amide bonds. The van der Waals surface area contributed by atoms with Gasteiger partial charge in [-0.2, -0.15) is 0 Å². The third-order valence-electron chi connectivity index (χ3n) is 1.78. The summed E-state index contributed by atoms with van der Waals surface area (Å²) in [5.41, 5.74) is 6.28. The lowest BCUT2D eigenvalue weighted by Gasteiger charge is -2.12. The molecule has 0 aliphatic heterocycles. The summed E-state index contributed by atoms with van der Waals surface area (Å²) in [4.78, 5) is 0. The SMILES string of the molecule is CNCC(N)c1cc(Br)ccc1F. The Morgan fingerprint density at radius 1 is 1.62 bits per heavy atom. The molecule has 1 rings (SSSR count). The first-order chi connectivity index (χ1) is 6.15. The Morgan fingerprint density at radius 2 is 2.31 bits per heavy atom. The Labute approximate surface area is 85.4 Å². The van der Waals surface area contributed by atoms with Gasteiger partial charge in [0.15, 0.2) is 0 Å². The molecule has 0 aliphatic rings. The van der Waals surface area contributed by atoms with Crippen molar-refractivity contribution < 1.29 is 4.39 Å². The summed E-state index contributed by atoms with van der Waals surface area (Å²) in [6.45, 7) is 0.563. The van der Waals surface area contributed by atoms with Crippen LogP contribution in [0.2, 0.25) is 0 Å². The second-order valence-corrected chi connectivity index (χ2v) is 3.75. The first kappa shape index (κ1) is 10.6. The van der Waals surface area contributed by atoms with E-state index in [9.17, 15) is 4.39 Å². The van der Waals surface area contributed by atoms with Crippen LogP contribution in [-0.4, -0.2) is 13.6 Å². The molecule has 0 bridgehead atoms. The van der Waals surface area contributed by atoms with E-state index in [1.165, 1.54) is 6.07 Å². The van der Waals surface area contributed by atoms with Gasteiger partial charge in [0.05, 0.1) is 0 Å². The van der Waals surface area contributed by atoms with Gasteiger partial charge in [-0.1, -0.05) is 15.9 Å². The molecule has 0 aromatic heterocycles. The molecule has 0 saturated carbocycles. The molecule has 0 aliphatic carbocycles. The number of halogens is 2. The van der Waals surface area contributed by atoms with E-state index in [1.54, 1.807) is 19.2 Å². The minimum atomic E-state index is -0.303. The zero-order valence-corrected chi connectivity index (χ0v) is 8.94. The van der Waals surface area contributed by atoms with E-state index in [1.807, 2.05) is 0 Å². The Kier molecular flexibility index (Phi) is 3.84. The minimum absolute atomic E-state index is 0.258. The van der Waals surface area contributed by atoms with Gasteiger partial charge in [0.25, 0.3) is 0 Å². The number of hydrogen-bond donors (Lipinski definition) is 2. The average Bonchev–Trinajstić information content (AvgIpc) is 2.09. The fourth-order valence-electron chi connectivity index (χ4n) is 1.13. The molecular formula is C9H12BrFN2. The molecule has 2 nitrogen and oxygen atoms in total. The predicted octanol–water partition coefficient (Wildman–Crippen LogP) is 1.81. The van der Waals surface area contributed by atoms with Crippen molar-refractivity contribution in [2.45, 2.75) is 6.04 Å². The zero-order chi connectivity index (χ0) is 9.84. The van der Waals surface area contributed by atoms with Crippen LogP contribution >= 0.6 is 15.9 Å². The van der Waals surface area contributed by atoms with Gasteiger partial charge >= 0.3 is 0 Å². The minimum Gasteiger partial charge on any atom is -0.323 e. The molecule has 0 radical (unpaired) electrons. The van der Waals surface area contributed by atoms with E-state index >= 15 is 0 Å². The zero-order valence-electron chi connectivity index (χ0n) is 7.35. The number of likely N-dealkylation sites (N-methyl/N-ethyl adjacent to an activating group) is 1. The highest BCUT2D eigenvalue weighted by Crippen LogP contribution is 2.19. The van der Waals surface area contributed by atoms with Crippen molar-refractivity contribution in [3.8, 4) is 0 Å². The Bertz CT molecular complexity index is 291. The van der Waals surface area contributed by atoms with Crippen LogP contribution < -0.4 is 11.1 Å². The Hall–Kier alpha value is -0.450. The standard InChI is InChI=1S/C9H12BrFN2/c1-13-5-9(12)7-4-6(10)2-3-8(7)11/h2-4,9,13H,5,12H2,1H3. The third-order valence-corrected chi connectivity index (χ3v) is 2.27. The first-order valence-corrected chi connectivity index (χ1v) is 4.79. The van der Waals surface area contributed by atoms with Gasteiger partial charge in [-0.15, -0.1) is 0 Å². The van der Waals surface area contributed by atoms with Crippen LogP contribution in [0.3, 0.4) is 0 Å². The third kappa shape index (κ3) is 2.76. The second-order valence-electron chi connectivity index (χ2n) is 2.83. The van der Waals surface area contributed by atoms with Crippen LogP contribution in [0.25, 0.3) is 0 Å². The van der Waals surface area contributed by atoms with Crippen molar-refractivity contribution >= 4 is 15.9 Å². The molecule has 0 spiro atoms. The highest BCUT2D eigenvalue weighted by molar-refractivity contribution is 9.10. The predicted molar refractivity (Wildman–Crippen MR) is 55.0 cm³/mol. The summed E-state index contributed by atoms with van der Waals surface area (Å²) in [6, 6.07) is 4.47. The molecule has 1 aromatic rings. The van der Waals surface area contributed by atoms with E-state index in [-0.39, 0.29) is 11.9 Å². The maximum Gasteiger partial charge on any atom is 0.128 e. The first-order valence-electron chi connectivity index (χ1n) is 4.00. The Balaban J connectivity index is 2.91. The van der Waals surface area contributed by atoms with Gasteiger partial charge in [0.2, 0.25) is 0 Å². The van der Waals surface area contributed by atoms with Crippen molar-refractivity contribution in [2.75, 3.05) is 13.6 Å². The van der Waals surface area contributed by atoms with Crippen molar-refractivity contribution in [2.24, 2.45) is 5.73 Å². The number of nitrogens with one attached hydrogen (secondary N) is 1. The normalized spacial score (nSPS) is 12.9. The molecule has 13 heavy (non-hydrogen) atoms. The molecule has 1 unspecified atom stereocenters. The van der Waals surface area contributed by atoms with Gasteiger partial charge in [-0.05, 0) is 25.2 Å². The second kappa shape index (κ2) is 4.69. The van der Waals surface area contributed by atoms with Crippen LogP contribution in [0.4, 0.5) is 4.39 Å². The number of nitrogens with two attached hydrogens (primary N) is 1. The summed E-state index contributed by atoms with van der Waals surface area (Å²) in [5, 5.41) is 2.91. The van der Waals surface area contributed by atoms with Crippen LogP contribution in [0, 0.1) is 5.82 Å². The fourth-order valence-corrected chi connectivity index (χ4v) is 1.51. The molecule has 0 saturated heterocycles. The smallest absolute Gasteiger partial charge is 0.128 e. The van der Waals surface area contributed by atoms with Gasteiger partial charge in [0, 0.05) is 22.6 Å². The molecule has 0 heterocycles. The summed E-state index contributed by atoms with van der Waals surface area (Å²) in [5.74, 6) is -0.258. The highest BCUT2D eigenvalue weighted by Gasteiger charge is 2.10. The molecule has 72 valence electrons. The van der Waals surface area contributed by atoms with E-state index in [4.69, 9.17) is 5.73 Å². The summed E-state index contributed by atoms with van der Waals surface area (Å²) < 4.78 is 14.1. The molecule has 0 fully saturated rings. The number of rotatable bonds is 3. The molecule has 1 atom stereocenters. The molecular weight excluding hydrogens is 235 g/mol. The molecule has 4 heteroatoms. The fraction of sp³-hybridized carbons (Fsp3) is 0.333. The van der Waals surface area contributed by atoms with E-state index in [2.05, 4.69) is 21.2 Å². The van der Waals surface area contributed by atoms with Crippen molar-refractivity contribution in [3.05, 3.63) is 34.1 Å². The average molecular weight is 247 g/mol. The van der Waals surface area contributed by atoms with Crippen LogP contribution in [-0.2, 0) is 0 Å². The van der Waals surface area contributed by atoms with E-state index < -0.39 is 0 Å². The number of hydrogen-bond acceptors (Lipinski definition) is 2. The van der Waals surface area contributed by atoms with Gasteiger partial charge < -0.3 is 11.1 Å². The summed E-state index contributed by atoms with van der Waals surface area (Å²) in [7, 11) is 1.79. The number of benzene rings is 1. The topological polar surface area (TPSA) is 38.0 Å². The maximum atomic E-state index is 13.2. The van der Waals surface area contributed by atoms with Gasteiger partial charge in [0.1, 0.15) is 5.82 Å². The van der Waals surface area contributed by atoms with Crippen LogP contribution in [0.15, 0.2) is 22.7 Å². The highest BCUT2D eigenvalue weighted by atomic mass is 79.9. The quantitative estimate of drug-likeness (QED) is 0.854. The largest absolute Gasteiger partial charge is 0.323 e. The van der Waals surface area contributed by atoms with Gasteiger partial charge in [-0.25, -0.2) is 4.39 Å².